The molecule has 0 spiro atoms. The highest BCUT2D eigenvalue weighted by atomic mass is 32.2. The molecule has 10 nitrogen and oxygen atoms in total. The monoisotopic (exact) mass is 474 g/mol. The third-order valence-electron chi connectivity index (χ3n) is 6.33. The summed E-state index contributed by atoms with van der Waals surface area (Å²) in [5.41, 5.74) is 0.901. The molecule has 11 heteroatoms. The molecule has 0 radical (unpaired) electrons. The molecule has 2 heterocycles. The zero-order valence-electron chi connectivity index (χ0n) is 18.0. The molecule has 2 aromatic carbocycles. The summed E-state index contributed by atoms with van der Waals surface area (Å²) in [5, 5.41) is 28.3. The van der Waals surface area contributed by atoms with Crippen LogP contribution in [0, 0.1) is 11.8 Å². The molecule has 0 saturated carbocycles. The van der Waals surface area contributed by atoms with Crippen LogP contribution >= 0.6 is 0 Å². The summed E-state index contributed by atoms with van der Waals surface area (Å²) in [6.45, 7) is 3.22. The van der Waals surface area contributed by atoms with Gasteiger partial charge in [-0.05, 0) is 29.5 Å². The van der Waals surface area contributed by atoms with Gasteiger partial charge in [0.25, 0.3) is 10.2 Å². The summed E-state index contributed by atoms with van der Waals surface area (Å²) < 4.78 is 30.8. The van der Waals surface area contributed by atoms with Crippen LogP contribution in [0.1, 0.15) is 19.4 Å². The number of carboxylic acid groups (broad SMARTS) is 1. The Morgan fingerprint density at radius 1 is 1.27 bits per heavy atom. The van der Waals surface area contributed by atoms with Crippen LogP contribution in [0.2, 0.25) is 0 Å². The number of fused-ring (bicyclic) bond motifs is 2. The summed E-state index contributed by atoms with van der Waals surface area (Å²) in [5.74, 6) is -2.43. The SMILES string of the molecule is C[C@@H](O)[C@H]1C(=O)N2C(C(=O)[O-])=C(COc3cccc4c(CNS(N)(=O)=O)cccc34)[C@H](C)[C@H]12. The molecule has 33 heavy (non-hydrogen) atoms. The number of aliphatic carboxylic acids is 1. The fraction of sp³-hybridized carbons (Fsp3) is 0.364. The van der Waals surface area contributed by atoms with Crippen LogP contribution in [0.3, 0.4) is 0 Å². The number of hydrogen-bond acceptors (Lipinski definition) is 7. The Balaban J connectivity index is 1.62. The van der Waals surface area contributed by atoms with E-state index in [9.17, 15) is 28.2 Å². The first-order valence-electron chi connectivity index (χ1n) is 10.4. The predicted octanol–water partition coefficient (Wildman–Crippen LogP) is -0.627. The van der Waals surface area contributed by atoms with E-state index in [-0.39, 0.29) is 24.8 Å². The molecule has 1 saturated heterocycles. The van der Waals surface area contributed by atoms with Crippen LogP contribution in [-0.4, -0.2) is 49.1 Å². The van der Waals surface area contributed by atoms with E-state index in [1.807, 2.05) is 6.07 Å². The second-order valence-corrected chi connectivity index (χ2v) is 9.72. The van der Waals surface area contributed by atoms with Crippen molar-refractivity contribution < 1.29 is 33.0 Å². The number of nitrogens with one attached hydrogen (secondary N) is 1. The number of rotatable bonds is 8. The third-order valence-corrected chi connectivity index (χ3v) is 6.87. The number of hydrogen-bond donors (Lipinski definition) is 3. The van der Waals surface area contributed by atoms with E-state index in [1.165, 1.54) is 11.8 Å². The fourth-order valence-corrected chi connectivity index (χ4v) is 5.14. The van der Waals surface area contributed by atoms with Gasteiger partial charge in [0.1, 0.15) is 12.4 Å². The minimum absolute atomic E-state index is 0.00384. The maximum atomic E-state index is 12.5. The van der Waals surface area contributed by atoms with Crippen molar-refractivity contribution in [2.75, 3.05) is 6.61 Å². The standard InChI is InChI=1S/C22H25N3O7S/c1-11-16(20(22(28)29)25-19(11)18(12(2)26)21(25)27)10-32-17-8-4-6-14-13(5-3-7-15(14)17)9-24-33(23,30)31/h3-8,11-12,18-19,24,26H,9-10H2,1-2H3,(H,28,29)(H2,23,30,31)/p-1/t11-,12+,18+,19+/m0/s1. The number of amides is 1. The minimum Gasteiger partial charge on any atom is -0.543 e. The van der Waals surface area contributed by atoms with Crippen molar-refractivity contribution in [3.63, 3.8) is 0 Å². The first-order chi connectivity index (χ1) is 15.5. The number of carbonyl (C=O) groups is 2. The Labute approximate surface area is 190 Å². The summed E-state index contributed by atoms with van der Waals surface area (Å²) >= 11 is 0. The zero-order valence-corrected chi connectivity index (χ0v) is 18.8. The van der Waals surface area contributed by atoms with E-state index in [0.717, 1.165) is 5.39 Å². The molecule has 0 bridgehead atoms. The van der Waals surface area contributed by atoms with Gasteiger partial charge >= 0.3 is 0 Å². The smallest absolute Gasteiger partial charge is 0.274 e. The van der Waals surface area contributed by atoms with Crippen molar-refractivity contribution in [2.45, 2.75) is 32.5 Å². The Bertz CT molecular complexity index is 1270. The highest BCUT2D eigenvalue weighted by Gasteiger charge is 2.58. The summed E-state index contributed by atoms with van der Waals surface area (Å²) in [6, 6.07) is 10.1. The quantitative estimate of drug-likeness (QED) is 0.429. The number of carbonyl (C=O) groups excluding carboxylic acids is 2. The Hall–Kier alpha value is -2.99. The lowest BCUT2D eigenvalue weighted by atomic mass is 9.78. The maximum absolute atomic E-state index is 12.5. The van der Waals surface area contributed by atoms with E-state index in [0.29, 0.717) is 22.3 Å². The highest BCUT2D eigenvalue weighted by Crippen LogP contribution is 2.47. The van der Waals surface area contributed by atoms with Gasteiger partial charge in [-0.25, -0.2) is 5.14 Å². The number of nitrogens with zero attached hydrogens (tertiary/aromatic N) is 1. The lowest BCUT2D eigenvalue weighted by Crippen LogP contribution is -2.64. The Kier molecular flexibility index (Phi) is 5.91. The number of aliphatic hydroxyl groups is 1. The van der Waals surface area contributed by atoms with Gasteiger partial charge < -0.3 is 24.6 Å². The van der Waals surface area contributed by atoms with Gasteiger partial charge in [0.2, 0.25) is 5.91 Å². The van der Waals surface area contributed by atoms with Crippen molar-refractivity contribution in [3.05, 3.63) is 53.2 Å². The number of carboxylic acids is 1. The summed E-state index contributed by atoms with van der Waals surface area (Å²) in [7, 11) is -3.86. The Morgan fingerprint density at radius 2 is 1.94 bits per heavy atom. The molecule has 4 rings (SSSR count). The highest BCUT2D eigenvalue weighted by molar-refractivity contribution is 7.87. The van der Waals surface area contributed by atoms with E-state index >= 15 is 0 Å². The number of nitrogens with two attached hydrogens (primary N) is 1. The minimum atomic E-state index is -3.86. The van der Waals surface area contributed by atoms with E-state index in [2.05, 4.69) is 4.72 Å². The van der Waals surface area contributed by atoms with Gasteiger partial charge in [-0.1, -0.05) is 37.3 Å². The average Bonchev–Trinajstić information content (AvgIpc) is 2.98. The molecule has 176 valence electrons. The van der Waals surface area contributed by atoms with Gasteiger partial charge in [-0.15, -0.1) is 0 Å². The maximum Gasteiger partial charge on any atom is 0.274 e. The molecule has 4 atom stereocenters. The van der Waals surface area contributed by atoms with Crippen molar-refractivity contribution in [1.29, 1.82) is 0 Å². The van der Waals surface area contributed by atoms with Crippen molar-refractivity contribution >= 4 is 32.9 Å². The molecule has 1 fully saturated rings. The normalized spacial score (nSPS) is 23.5. The number of β-lactam (4-membered cyclic amide) rings is 1. The van der Waals surface area contributed by atoms with E-state index in [1.54, 1.807) is 37.3 Å². The molecule has 0 aliphatic carbocycles. The molecular formula is C22H24N3O7S-. The van der Waals surface area contributed by atoms with E-state index in [4.69, 9.17) is 9.88 Å². The third kappa shape index (κ3) is 4.08. The number of benzene rings is 2. The van der Waals surface area contributed by atoms with Gasteiger partial charge in [0.15, 0.2) is 0 Å². The van der Waals surface area contributed by atoms with Crippen LogP contribution in [0.15, 0.2) is 47.7 Å². The molecule has 2 aliphatic heterocycles. The first-order valence-corrected chi connectivity index (χ1v) is 11.9. The molecule has 2 aliphatic rings. The largest absolute Gasteiger partial charge is 0.543 e. The second kappa shape index (κ2) is 8.41. The van der Waals surface area contributed by atoms with E-state index < -0.39 is 40.1 Å². The van der Waals surface area contributed by atoms with Crippen molar-refractivity contribution in [2.24, 2.45) is 17.0 Å². The van der Waals surface area contributed by atoms with Crippen LogP contribution in [0.4, 0.5) is 0 Å². The fourth-order valence-electron chi connectivity index (χ4n) is 4.78. The zero-order chi connectivity index (χ0) is 24.1. The average molecular weight is 475 g/mol. The van der Waals surface area contributed by atoms with Crippen LogP contribution in [0.5, 0.6) is 5.75 Å². The molecule has 2 aromatic rings. The molecule has 1 amide bonds. The van der Waals surface area contributed by atoms with Gasteiger partial charge in [-0.3, -0.25) is 4.79 Å². The Morgan fingerprint density at radius 3 is 2.58 bits per heavy atom. The van der Waals surface area contributed by atoms with Crippen LogP contribution in [0.25, 0.3) is 10.8 Å². The van der Waals surface area contributed by atoms with Crippen LogP contribution in [-0.2, 0) is 26.3 Å². The lowest BCUT2D eigenvalue weighted by molar-refractivity contribution is -0.301. The first kappa shape index (κ1) is 23.2. The predicted molar refractivity (Wildman–Crippen MR) is 116 cm³/mol. The van der Waals surface area contributed by atoms with Crippen molar-refractivity contribution in [3.8, 4) is 5.75 Å². The second-order valence-electron chi connectivity index (χ2n) is 8.34. The molecule has 4 N–H and O–H groups in total. The van der Waals surface area contributed by atoms with Gasteiger partial charge in [0.05, 0.1) is 29.7 Å². The molecular weight excluding hydrogens is 450 g/mol. The number of aliphatic hydroxyl groups excluding tert-OH is 1. The lowest BCUT2D eigenvalue weighted by Gasteiger charge is -2.47. The summed E-state index contributed by atoms with van der Waals surface area (Å²) in [6.07, 6.45) is -0.896. The number of ether oxygens (including phenoxy) is 1. The van der Waals surface area contributed by atoms with Crippen molar-refractivity contribution in [1.82, 2.24) is 9.62 Å². The molecule has 0 unspecified atom stereocenters. The molecule has 0 aromatic heterocycles. The van der Waals surface area contributed by atoms with Gasteiger partial charge in [0, 0.05) is 17.8 Å². The topological polar surface area (TPSA) is 162 Å². The summed E-state index contributed by atoms with van der Waals surface area (Å²) in [4.78, 5) is 25.5. The van der Waals surface area contributed by atoms with Crippen LogP contribution < -0.4 is 19.7 Å². The van der Waals surface area contributed by atoms with Gasteiger partial charge in [-0.2, -0.15) is 13.1 Å².